The quantitative estimate of drug-likeness (QED) is 0.780. The highest BCUT2D eigenvalue weighted by Gasteiger charge is 2.09. The summed E-state index contributed by atoms with van der Waals surface area (Å²) in [6, 6.07) is 7.74. The van der Waals surface area contributed by atoms with Gasteiger partial charge < -0.3 is 9.47 Å². The van der Waals surface area contributed by atoms with Gasteiger partial charge in [0.1, 0.15) is 18.1 Å². The van der Waals surface area contributed by atoms with Crippen LogP contribution in [0.5, 0.6) is 11.5 Å². The van der Waals surface area contributed by atoms with Crippen molar-refractivity contribution in [1.29, 1.82) is 0 Å². The van der Waals surface area contributed by atoms with E-state index in [9.17, 15) is 0 Å². The molecule has 1 aliphatic rings. The Morgan fingerprint density at radius 1 is 1.06 bits per heavy atom. The first-order valence-electron chi connectivity index (χ1n) is 6.19. The summed E-state index contributed by atoms with van der Waals surface area (Å²) in [6.45, 7) is 4.12. The van der Waals surface area contributed by atoms with Gasteiger partial charge in [-0.25, -0.2) is 0 Å². The number of methoxy groups -OCH3 is 1. The lowest BCUT2D eigenvalue weighted by Crippen LogP contribution is -2.33. The first-order chi connectivity index (χ1) is 8.38. The van der Waals surface area contributed by atoms with Gasteiger partial charge >= 0.3 is 0 Å². The summed E-state index contributed by atoms with van der Waals surface area (Å²) in [5.41, 5.74) is 0. The van der Waals surface area contributed by atoms with Crippen LogP contribution in [0.3, 0.4) is 0 Å². The number of ether oxygens (including phenoxy) is 2. The van der Waals surface area contributed by atoms with E-state index in [-0.39, 0.29) is 0 Å². The van der Waals surface area contributed by atoms with Crippen molar-refractivity contribution in [3.63, 3.8) is 0 Å². The fraction of sp³-hybridized carbons (Fsp3) is 0.500. The number of rotatable bonds is 5. The normalized spacial score (nSPS) is 16.8. The Bertz CT molecular complexity index is 317. The Morgan fingerprint density at radius 2 is 1.71 bits per heavy atom. The van der Waals surface area contributed by atoms with Gasteiger partial charge in [0.2, 0.25) is 0 Å². The third-order valence-electron chi connectivity index (χ3n) is 3.03. The molecule has 1 fully saturated rings. The number of benzene rings is 1. The van der Waals surface area contributed by atoms with Crippen LogP contribution in [0.2, 0.25) is 0 Å². The Balaban J connectivity index is 1.69. The smallest absolute Gasteiger partial charge is 0.119 e. The summed E-state index contributed by atoms with van der Waals surface area (Å²) >= 11 is 0. The maximum atomic E-state index is 5.70. The Hall–Kier alpha value is -1.22. The topological polar surface area (TPSA) is 21.7 Å². The molecule has 1 radical (unpaired) electrons. The summed E-state index contributed by atoms with van der Waals surface area (Å²) in [5.74, 6) is 1.78. The average molecular weight is 234 g/mol. The second-order valence-electron chi connectivity index (χ2n) is 4.23. The maximum absolute atomic E-state index is 5.70. The van der Waals surface area contributed by atoms with E-state index in [0.29, 0.717) is 0 Å². The predicted octanol–water partition coefficient (Wildman–Crippen LogP) is 2.37. The predicted molar refractivity (Wildman–Crippen MR) is 68.5 cm³/mol. The lowest BCUT2D eigenvalue weighted by atomic mass is 10.1. The molecule has 0 bridgehead atoms. The molecule has 0 N–H and O–H groups in total. The summed E-state index contributed by atoms with van der Waals surface area (Å²) in [5, 5.41) is 0. The van der Waals surface area contributed by atoms with Gasteiger partial charge in [-0.2, -0.15) is 0 Å². The minimum absolute atomic E-state index is 0.756. The summed E-state index contributed by atoms with van der Waals surface area (Å²) in [6.07, 6.45) is 4.78. The molecule has 0 unspecified atom stereocenters. The molecule has 1 aromatic carbocycles. The molecule has 0 spiro atoms. The van der Waals surface area contributed by atoms with Gasteiger partial charge in [-0.05, 0) is 56.6 Å². The van der Waals surface area contributed by atoms with Crippen LogP contribution in [-0.2, 0) is 0 Å². The highest BCUT2D eigenvalue weighted by molar-refractivity contribution is 5.31. The highest BCUT2D eigenvalue weighted by Crippen LogP contribution is 2.17. The van der Waals surface area contributed by atoms with Gasteiger partial charge in [-0.15, -0.1) is 0 Å². The fourth-order valence-electron chi connectivity index (χ4n) is 1.99. The summed E-state index contributed by atoms with van der Waals surface area (Å²) in [4.78, 5) is 2.45. The zero-order valence-corrected chi connectivity index (χ0v) is 10.4. The van der Waals surface area contributed by atoms with Crippen LogP contribution in [0.1, 0.15) is 12.8 Å². The van der Waals surface area contributed by atoms with E-state index in [4.69, 9.17) is 9.47 Å². The van der Waals surface area contributed by atoms with Gasteiger partial charge in [-0.1, -0.05) is 0 Å². The van der Waals surface area contributed by atoms with Crippen LogP contribution in [-0.4, -0.2) is 38.3 Å². The van der Waals surface area contributed by atoms with E-state index in [1.54, 1.807) is 7.11 Å². The third-order valence-corrected chi connectivity index (χ3v) is 3.03. The molecule has 0 amide bonds. The van der Waals surface area contributed by atoms with E-state index in [0.717, 1.165) is 24.7 Å². The van der Waals surface area contributed by atoms with Crippen LogP contribution in [0, 0.1) is 6.42 Å². The summed E-state index contributed by atoms with van der Waals surface area (Å²) in [7, 11) is 1.67. The van der Waals surface area contributed by atoms with Crippen molar-refractivity contribution in [2.24, 2.45) is 0 Å². The maximum Gasteiger partial charge on any atom is 0.119 e. The van der Waals surface area contributed by atoms with Crippen molar-refractivity contribution in [2.45, 2.75) is 12.8 Å². The molecule has 2 rings (SSSR count). The van der Waals surface area contributed by atoms with Crippen molar-refractivity contribution < 1.29 is 9.47 Å². The van der Waals surface area contributed by atoms with Crippen molar-refractivity contribution in [1.82, 2.24) is 4.90 Å². The first-order valence-corrected chi connectivity index (χ1v) is 6.19. The molecule has 1 aliphatic heterocycles. The molecule has 0 aromatic heterocycles. The van der Waals surface area contributed by atoms with Gasteiger partial charge in [0.25, 0.3) is 0 Å². The van der Waals surface area contributed by atoms with E-state index in [1.807, 2.05) is 24.3 Å². The first kappa shape index (κ1) is 12.2. The molecule has 1 aromatic rings. The van der Waals surface area contributed by atoms with E-state index in [1.165, 1.54) is 25.9 Å². The molecule has 0 aliphatic carbocycles. The monoisotopic (exact) mass is 234 g/mol. The summed E-state index contributed by atoms with van der Waals surface area (Å²) < 4.78 is 10.8. The van der Waals surface area contributed by atoms with Gasteiger partial charge in [0, 0.05) is 6.54 Å². The average Bonchev–Trinajstić information content (AvgIpc) is 2.41. The minimum Gasteiger partial charge on any atom is -0.497 e. The van der Waals surface area contributed by atoms with Crippen molar-refractivity contribution in [2.75, 3.05) is 33.4 Å². The zero-order chi connectivity index (χ0) is 11.9. The van der Waals surface area contributed by atoms with Gasteiger partial charge in [0.15, 0.2) is 0 Å². The standard InChI is InChI=1S/C14H20NO2/c1-16-13-5-7-14(8-6-13)17-12-11-15-9-3-2-4-10-15/h2,5-8H,3-4,9-12H2,1H3. The number of nitrogens with zero attached hydrogens (tertiary/aromatic N) is 1. The largest absolute Gasteiger partial charge is 0.497 e. The molecule has 0 saturated carbocycles. The van der Waals surface area contributed by atoms with Gasteiger partial charge in [0.05, 0.1) is 7.11 Å². The molecule has 3 nitrogen and oxygen atoms in total. The van der Waals surface area contributed by atoms with E-state index < -0.39 is 0 Å². The van der Waals surface area contributed by atoms with E-state index in [2.05, 4.69) is 11.3 Å². The molecule has 1 saturated heterocycles. The SMILES string of the molecule is COc1ccc(OCCN2CC[CH]CC2)cc1. The van der Waals surface area contributed by atoms with Crippen LogP contribution in [0.25, 0.3) is 0 Å². The molecular formula is C14H20NO2. The van der Waals surface area contributed by atoms with Gasteiger partial charge in [-0.3, -0.25) is 4.90 Å². The molecule has 1 heterocycles. The van der Waals surface area contributed by atoms with Crippen LogP contribution >= 0.6 is 0 Å². The number of piperidine rings is 1. The second-order valence-corrected chi connectivity index (χ2v) is 4.23. The number of hydrogen-bond acceptors (Lipinski definition) is 3. The van der Waals surface area contributed by atoms with Crippen LogP contribution in [0.15, 0.2) is 24.3 Å². The third kappa shape index (κ3) is 3.93. The lowest BCUT2D eigenvalue weighted by molar-refractivity contribution is 0.198. The number of likely N-dealkylation sites (tertiary alicyclic amines) is 1. The Morgan fingerprint density at radius 3 is 2.35 bits per heavy atom. The van der Waals surface area contributed by atoms with Crippen molar-refractivity contribution in [3.8, 4) is 11.5 Å². The van der Waals surface area contributed by atoms with E-state index >= 15 is 0 Å². The number of hydrogen-bond donors (Lipinski definition) is 0. The Labute approximate surface area is 103 Å². The van der Waals surface area contributed by atoms with Crippen LogP contribution in [0.4, 0.5) is 0 Å². The highest BCUT2D eigenvalue weighted by atomic mass is 16.5. The van der Waals surface area contributed by atoms with Crippen molar-refractivity contribution >= 4 is 0 Å². The fourth-order valence-corrected chi connectivity index (χ4v) is 1.99. The van der Waals surface area contributed by atoms with Crippen LogP contribution < -0.4 is 9.47 Å². The Kier molecular flexibility index (Phi) is 4.68. The van der Waals surface area contributed by atoms with Crippen molar-refractivity contribution in [3.05, 3.63) is 30.7 Å². The minimum atomic E-state index is 0.756. The zero-order valence-electron chi connectivity index (χ0n) is 10.4. The molecule has 17 heavy (non-hydrogen) atoms. The molecule has 93 valence electrons. The second kappa shape index (κ2) is 6.50. The molecule has 0 atom stereocenters. The lowest BCUT2D eigenvalue weighted by Gasteiger charge is -2.25. The molecule has 3 heteroatoms. The molecular weight excluding hydrogens is 214 g/mol.